The van der Waals surface area contributed by atoms with E-state index in [1.807, 2.05) is 6.26 Å². The summed E-state index contributed by atoms with van der Waals surface area (Å²) in [6.07, 6.45) is 6.86. The van der Waals surface area contributed by atoms with E-state index in [-0.39, 0.29) is 28.5 Å². The maximum absolute atomic E-state index is 12.6. The fourth-order valence-electron chi connectivity index (χ4n) is 4.26. The lowest BCUT2D eigenvalue weighted by molar-refractivity contribution is 0.0821. The Kier molecular flexibility index (Phi) is 3.92. The molecule has 3 atom stereocenters. The van der Waals surface area contributed by atoms with E-state index in [1.54, 1.807) is 0 Å². The van der Waals surface area contributed by atoms with Crippen LogP contribution in [0.3, 0.4) is 0 Å². The molecule has 4 nitrogen and oxygen atoms in total. The van der Waals surface area contributed by atoms with Gasteiger partial charge in [-0.05, 0) is 42.3 Å². The molecule has 0 spiro atoms. The number of halogens is 1. The molecule has 3 rings (SSSR count). The minimum Gasteiger partial charge on any atom is -0.347 e. The van der Waals surface area contributed by atoms with Crippen LogP contribution in [0.2, 0.25) is 5.02 Å². The second-order valence-electron chi connectivity index (χ2n) is 7.19. The van der Waals surface area contributed by atoms with E-state index in [4.69, 9.17) is 11.6 Å². The van der Waals surface area contributed by atoms with Crippen molar-refractivity contribution in [2.45, 2.75) is 51.2 Å². The third-order valence-electron chi connectivity index (χ3n) is 6.22. The van der Waals surface area contributed by atoms with Crippen molar-refractivity contribution in [3.05, 3.63) is 16.9 Å². The van der Waals surface area contributed by atoms with Gasteiger partial charge in [0.25, 0.3) is 5.91 Å². The number of aromatic nitrogens is 2. The van der Waals surface area contributed by atoms with Crippen LogP contribution >= 0.6 is 23.4 Å². The monoisotopic (exact) mass is 339 g/mol. The molecule has 0 aromatic carbocycles. The van der Waals surface area contributed by atoms with Crippen molar-refractivity contribution in [3.8, 4) is 0 Å². The van der Waals surface area contributed by atoms with Crippen LogP contribution in [0.5, 0.6) is 0 Å². The van der Waals surface area contributed by atoms with E-state index in [2.05, 4.69) is 36.1 Å². The van der Waals surface area contributed by atoms with E-state index in [9.17, 15) is 4.79 Å². The van der Waals surface area contributed by atoms with Gasteiger partial charge in [-0.3, -0.25) is 4.79 Å². The number of amides is 1. The van der Waals surface area contributed by atoms with Crippen LogP contribution in [0.1, 0.15) is 50.5 Å². The van der Waals surface area contributed by atoms with Crippen molar-refractivity contribution in [1.82, 2.24) is 15.3 Å². The Morgan fingerprint density at radius 3 is 2.73 bits per heavy atom. The van der Waals surface area contributed by atoms with Crippen LogP contribution in [0.25, 0.3) is 0 Å². The summed E-state index contributed by atoms with van der Waals surface area (Å²) >= 11 is 7.51. The Balaban J connectivity index is 1.82. The van der Waals surface area contributed by atoms with Crippen molar-refractivity contribution >= 4 is 29.3 Å². The third-order valence-corrected chi connectivity index (χ3v) is 7.06. The second kappa shape index (κ2) is 5.38. The fraction of sp³-hybridized carbons (Fsp3) is 0.688. The van der Waals surface area contributed by atoms with Gasteiger partial charge in [0.2, 0.25) is 0 Å². The molecule has 1 heterocycles. The lowest BCUT2D eigenvalue weighted by Gasteiger charge is -2.39. The molecule has 2 bridgehead atoms. The van der Waals surface area contributed by atoms with Crippen LogP contribution in [-0.4, -0.2) is 28.2 Å². The van der Waals surface area contributed by atoms with E-state index in [0.717, 1.165) is 6.42 Å². The quantitative estimate of drug-likeness (QED) is 0.672. The number of rotatable bonds is 3. The minimum atomic E-state index is -0.183. The average molecular weight is 340 g/mol. The first kappa shape index (κ1) is 16.1. The van der Waals surface area contributed by atoms with Gasteiger partial charge in [-0.25, -0.2) is 9.97 Å². The largest absolute Gasteiger partial charge is 0.347 e. The van der Waals surface area contributed by atoms with Gasteiger partial charge in [0.05, 0.1) is 11.2 Å². The summed E-state index contributed by atoms with van der Waals surface area (Å²) in [5, 5.41) is 4.06. The standard InChI is InChI=1S/C16H22ClN3OS/c1-15(2)9-5-6-16(15,3)11(7-9)19-13(21)12-10(17)8-18-14(20-12)22-4/h8-9,11H,5-7H2,1-4H3,(H,19,21)/t9-,11-,16+/m0/s1. The first-order valence-corrected chi connectivity index (χ1v) is 9.27. The molecule has 120 valence electrons. The number of nitrogens with one attached hydrogen (secondary N) is 1. The van der Waals surface area contributed by atoms with Gasteiger partial charge in [0.1, 0.15) is 0 Å². The summed E-state index contributed by atoms with van der Waals surface area (Å²) in [6, 6.07) is 0.192. The van der Waals surface area contributed by atoms with E-state index in [0.29, 0.717) is 16.1 Å². The number of hydrogen-bond donors (Lipinski definition) is 1. The summed E-state index contributed by atoms with van der Waals surface area (Å²) in [6.45, 7) is 6.97. The predicted molar refractivity (Wildman–Crippen MR) is 89.3 cm³/mol. The van der Waals surface area contributed by atoms with Gasteiger partial charge in [0.15, 0.2) is 10.9 Å². The zero-order valence-corrected chi connectivity index (χ0v) is 15.0. The molecule has 0 unspecified atom stereocenters. The van der Waals surface area contributed by atoms with E-state index in [1.165, 1.54) is 30.8 Å². The van der Waals surface area contributed by atoms with Gasteiger partial charge in [0, 0.05) is 6.04 Å². The van der Waals surface area contributed by atoms with Crippen LogP contribution < -0.4 is 5.32 Å². The number of carbonyl (C=O) groups is 1. The molecule has 6 heteroatoms. The summed E-state index contributed by atoms with van der Waals surface area (Å²) in [7, 11) is 0. The fourth-order valence-corrected chi connectivity index (χ4v) is 4.77. The first-order chi connectivity index (χ1) is 10.3. The SMILES string of the molecule is CSc1ncc(Cl)c(C(=O)N[C@H]2C[C@@H]3CC[C@@]2(C)C3(C)C)n1. The van der Waals surface area contributed by atoms with Gasteiger partial charge >= 0.3 is 0 Å². The minimum absolute atomic E-state index is 0.148. The number of fused-ring (bicyclic) bond motifs is 2. The van der Waals surface area contributed by atoms with E-state index >= 15 is 0 Å². The Labute approximate surface area is 140 Å². The Bertz CT molecular complexity index is 621. The Morgan fingerprint density at radius 2 is 2.18 bits per heavy atom. The summed E-state index contributed by atoms with van der Waals surface area (Å²) in [5.41, 5.74) is 0.699. The number of carbonyl (C=O) groups excluding carboxylic acids is 1. The zero-order chi connectivity index (χ0) is 16.1. The lowest BCUT2D eigenvalue weighted by Crippen LogP contribution is -2.47. The molecule has 0 radical (unpaired) electrons. The molecule has 0 saturated heterocycles. The van der Waals surface area contributed by atoms with Crippen molar-refractivity contribution in [1.29, 1.82) is 0 Å². The summed E-state index contributed by atoms with van der Waals surface area (Å²) in [5.74, 6) is 0.503. The lowest BCUT2D eigenvalue weighted by atomic mass is 9.69. The van der Waals surface area contributed by atoms with Crippen LogP contribution in [-0.2, 0) is 0 Å². The van der Waals surface area contributed by atoms with Crippen LogP contribution in [0.4, 0.5) is 0 Å². The predicted octanol–water partition coefficient (Wildman–Crippen LogP) is 3.80. The zero-order valence-electron chi connectivity index (χ0n) is 13.4. The molecule has 2 saturated carbocycles. The highest BCUT2D eigenvalue weighted by atomic mass is 35.5. The molecule has 1 amide bonds. The average Bonchev–Trinajstić information content (AvgIpc) is 2.81. The Hall–Kier alpha value is -0.810. The molecular weight excluding hydrogens is 318 g/mol. The molecule has 2 fully saturated rings. The van der Waals surface area contributed by atoms with Crippen molar-refractivity contribution in [3.63, 3.8) is 0 Å². The number of thioether (sulfide) groups is 1. The van der Waals surface area contributed by atoms with Crippen molar-refractivity contribution in [2.75, 3.05) is 6.26 Å². The van der Waals surface area contributed by atoms with Gasteiger partial charge in [-0.1, -0.05) is 44.1 Å². The second-order valence-corrected chi connectivity index (χ2v) is 8.37. The highest BCUT2D eigenvalue weighted by Gasteiger charge is 2.61. The maximum atomic E-state index is 12.6. The summed E-state index contributed by atoms with van der Waals surface area (Å²) < 4.78 is 0. The van der Waals surface area contributed by atoms with Gasteiger partial charge in [-0.15, -0.1) is 0 Å². The maximum Gasteiger partial charge on any atom is 0.271 e. The molecular formula is C16H22ClN3OS. The van der Waals surface area contributed by atoms with Crippen molar-refractivity contribution < 1.29 is 4.79 Å². The molecule has 1 aromatic rings. The third kappa shape index (κ3) is 2.24. The highest BCUT2D eigenvalue weighted by molar-refractivity contribution is 7.98. The van der Waals surface area contributed by atoms with E-state index < -0.39 is 0 Å². The number of nitrogens with zero attached hydrogens (tertiary/aromatic N) is 2. The van der Waals surface area contributed by atoms with Crippen LogP contribution in [0.15, 0.2) is 11.4 Å². The molecule has 2 aliphatic rings. The van der Waals surface area contributed by atoms with Gasteiger partial charge in [-0.2, -0.15) is 0 Å². The molecule has 0 aliphatic heterocycles. The highest BCUT2D eigenvalue weighted by Crippen LogP contribution is 2.65. The smallest absolute Gasteiger partial charge is 0.271 e. The first-order valence-electron chi connectivity index (χ1n) is 7.67. The summed E-state index contributed by atoms with van der Waals surface area (Å²) in [4.78, 5) is 21.0. The number of hydrogen-bond acceptors (Lipinski definition) is 4. The molecule has 22 heavy (non-hydrogen) atoms. The Morgan fingerprint density at radius 1 is 1.45 bits per heavy atom. The normalized spacial score (nSPS) is 32.2. The molecule has 2 aliphatic carbocycles. The molecule has 1 N–H and O–H groups in total. The van der Waals surface area contributed by atoms with Crippen LogP contribution in [0, 0.1) is 16.7 Å². The van der Waals surface area contributed by atoms with Gasteiger partial charge < -0.3 is 5.32 Å². The molecule has 1 aromatic heterocycles. The van der Waals surface area contributed by atoms with Crippen molar-refractivity contribution in [2.24, 2.45) is 16.7 Å². The topological polar surface area (TPSA) is 54.9 Å².